The maximum Gasteiger partial charge on any atom is 0.126 e. The first kappa shape index (κ1) is 58.0. The SMILES string of the molecule is CC[C@H]1OC(=O)[C@H](C)[C@@H](O)[C@H](C)[C@@H](O[C@@H]2O[C@H](C)C[C@H](N(C)C)[C@H]2O)[C@](C)(O)C[C@@H](C)CN(C(=O)CCCCCCCCCCC[PH]2(c3ccccc3)c3ccccc3-c3ccccc32)[C@H](C)[C@@H](O)[C@]1(C)O. The molecule has 3 aromatic carbocycles. The molecular weight excluding hydrogens is 928 g/mol. The van der Waals surface area contributed by atoms with Crippen LogP contribution in [0.1, 0.15) is 139 Å². The average molecular weight is 1020 g/mol. The van der Waals surface area contributed by atoms with Crippen molar-refractivity contribution in [1.82, 2.24) is 9.80 Å². The topological polar surface area (TPSA) is 169 Å². The molecular formula is C59H91N2O10P. The second-order valence-corrected chi connectivity index (χ2v) is 26.7. The third-order valence-electron chi connectivity index (χ3n) is 16.8. The van der Waals surface area contributed by atoms with Crippen LogP contribution in [-0.2, 0) is 23.8 Å². The predicted octanol–water partition coefficient (Wildman–Crippen LogP) is 7.48. The molecule has 0 radical (unpaired) electrons. The standard InChI is InChI=1S/C59H91N2O10P/c1-11-50-59(8,68)54(65)43(6)61(38-39(2)37-58(7,67)55(41(4)52(63)42(5)56(66)70-50)71-57-53(64)47(60(9)10)36-40(3)69-57)51(62)34-22-17-15-13-12-14-16-18-27-35-72(44-28-20-19-21-29-44)48-32-25-23-30-45(48)46-31-24-26-33-49(46)72/h19-21,23-26,28-33,39-43,47,50,52-55,57,63-65,67-68,72H,11-18,22,27,34-38H2,1-10H3/t39-,40-,41+,42-,43-,47+,50-,52+,53-,54-,55-,57+,58-,59-/m1/s1. The zero-order valence-corrected chi connectivity index (χ0v) is 46.2. The van der Waals surface area contributed by atoms with Crippen LogP contribution in [0.15, 0.2) is 78.9 Å². The van der Waals surface area contributed by atoms with Crippen LogP contribution in [0.3, 0.4) is 0 Å². The number of rotatable bonds is 17. The molecule has 0 bridgehead atoms. The average Bonchev–Trinajstić information content (AvgIpc) is 3.64. The smallest absolute Gasteiger partial charge is 0.126 e. The van der Waals surface area contributed by atoms with Gasteiger partial charge in [0.05, 0.1) is 35.9 Å². The molecule has 12 nitrogen and oxygen atoms in total. The Kier molecular flexibility index (Phi) is 20.5. The summed E-state index contributed by atoms with van der Waals surface area (Å²) in [5.74, 6) is -3.31. The minimum Gasteiger partial charge on any atom is -0.388 e. The van der Waals surface area contributed by atoms with Crippen LogP contribution in [-0.4, -0.2) is 140 Å². The number of carbonyl (C=O) groups excluding carboxylic acids is 2. The first-order valence-electron chi connectivity index (χ1n) is 27.4. The molecule has 3 aromatic rings. The number of ether oxygens (including phenoxy) is 3. The summed E-state index contributed by atoms with van der Waals surface area (Å²) >= 11 is 0. The molecule has 6 rings (SSSR count). The van der Waals surface area contributed by atoms with Crippen LogP contribution in [0.25, 0.3) is 11.1 Å². The van der Waals surface area contributed by atoms with Gasteiger partial charge in [-0.15, -0.1) is 0 Å². The molecule has 3 heterocycles. The Labute approximate surface area is 432 Å². The number of benzene rings is 3. The summed E-state index contributed by atoms with van der Waals surface area (Å²) in [6.07, 6.45) is 4.19. The van der Waals surface area contributed by atoms with Crippen molar-refractivity contribution in [2.45, 2.75) is 205 Å². The van der Waals surface area contributed by atoms with Gasteiger partial charge in [-0.2, -0.15) is 0 Å². The molecule has 3 aliphatic rings. The van der Waals surface area contributed by atoms with E-state index in [1.54, 1.807) is 43.2 Å². The van der Waals surface area contributed by atoms with Gasteiger partial charge in [0, 0.05) is 18.5 Å². The Bertz CT molecular complexity index is 2140. The number of amides is 1. The third-order valence-corrected chi connectivity index (χ3v) is 21.9. The number of cyclic esters (lactones) is 1. The van der Waals surface area contributed by atoms with E-state index in [2.05, 4.69) is 78.9 Å². The number of likely N-dealkylation sites (N-methyl/N-ethyl adjacent to an activating group) is 1. The molecule has 2 fully saturated rings. The minimum absolute atomic E-state index is 0.0986. The summed E-state index contributed by atoms with van der Waals surface area (Å²) in [6, 6.07) is 28.2. The second kappa shape index (κ2) is 25.5. The second-order valence-electron chi connectivity index (χ2n) is 22.8. The molecule has 72 heavy (non-hydrogen) atoms. The maximum absolute atomic E-state index is 14.4. The van der Waals surface area contributed by atoms with E-state index in [1.807, 2.05) is 32.8 Å². The monoisotopic (exact) mass is 1020 g/mol. The molecule has 2 saturated heterocycles. The number of carbonyl (C=O) groups is 2. The third kappa shape index (κ3) is 13.0. The molecule has 0 unspecified atom stereocenters. The number of fused-ring (bicyclic) bond motifs is 3. The zero-order valence-electron chi connectivity index (χ0n) is 45.2. The molecule has 14 atom stereocenters. The Morgan fingerprint density at radius 1 is 0.778 bits per heavy atom. The number of hydrogen-bond acceptors (Lipinski definition) is 11. The summed E-state index contributed by atoms with van der Waals surface area (Å²) in [5.41, 5.74) is -0.803. The summed E-state index contributed by atoms with van der Waals surface area (Å²) in [7, 11) is 1.59. The summed E-state index contributed by atoms with van der Waals surface area (Å²) in [6.45, 7) is 13.6. The molecule has 0 aliphatic carbocycles. The van der Waals surface area contributed by atoms with Gasteiger partial charge in [-0.1, -0.05) is 20.8 Å². The van der Waals surface area contributed by atoms with E-state index in [0.717, 1.165) is 25.7 Å². The normalized spacial score (nSPS) is 33.8. The van der Waals surface area contributed by atoms with Gasteiger partial charge in [0.25, 0.3) is 0 Å². The fraction of sp³-hybridized carbons (Fsp3) is 0.661. The van der Waals surface area contributed by atoms with Gasteiger partial charge >= 0.3 is 195 Å². The molecule has 402 valence electrons. The number of unbranched alkanes of at least 4 members (excludes halogenated alkanes) is 8. The number of esters is 1. The van der Waals surface area contributed by atoms with E-state index in [0.29, 0.717) is 12.8 Å². The maximum atomic E-state index is 14.4. The molecule has 1 amide bonds. The van der Waals surface area contributed by atoms with E-state index < -0.39 is 79.1 Å². The largest absolute Gasteiger partial charge is 0.388 e. The Hall–Kier alpha value is -3.29. The molecule has 13 heteroatoms. The zero-order chi connectivity index (χ0) is 52.5. The molecule has 3 aliphatic heterocycles. The van der Waals surface area contributed by atoms with E-state index in [9.17, 15) is 35.1 Å². The number of aliphatic hydroxyl groups excluding tert-OH is 3. The molecule has 0 aromatic heterocycles. The summed E-state index contributed by atoms with van der Waals surface area (Å²) < 4.78 is 18.6. The van der Waals surface area contributed by atoms with E-state index in [4.69, 9.17) is 14.2 Å². The van der Waals surface area contributed by atoms with E-state index in [-0.39, 0.29) is 49.8 Å². The fourth-order valence-electron chi connectivity index (χ4n) is 12.7. The predicted molar refractivity (Wildman–Crippen MR) is 291 cm³/mol. The van der Waals surface area contributed by atoms with Gasteiger partial charge in [0.1, 0.15) is 23.9 Å². The van der Waals surface area contributed by atoms with Crippen LogP contribution in [0, 0.1) is 17.8 Å². The molecule has 0 spiro atoms. The van der Waals surface area contributed by atoms with Crippen molar-refractivity contribution in [3.05, 3.63) is 78.9 Å². The van der Waals surface area contributed by atoms with Gasteiger partial charge in [0.2, 0.25) is 0 Å². The van der Waals surface area contributed by atoms with Gasteiger partial charge < -0.3 is 49.5 Å². The van der Waals surface area contributed by atoms with E-state index in [1.165, 1.54) is 62.1 Å². The van der Waals surface area contributed by atoms with Crippen molar-refractivity contribution in [1.29, 1.82) is 0 Å². The van der Waals surface area contributed by atoms with Gasteiger partial charge in [-0.05, 0) is 73.9 Å². The first-order chi connectivity index (χ1) is 34.2. The quantitative estimate of drug-likeness (QED) is 0.0517. The van der Waals surface area contributed by atoms with Crippen LogP contribution >= 0.6 is 7.26 Å². The fourth-order valence-corrected chi connectivity index (χ4v) is 18.1. The van der Waals surface area contributed by atoms with Crippen molar-refractivity contribution in [3.8, 4) is 11.1 Å². The number of aliphatic hydroxyl groups is 5. The Balaban J connectivity index is 1.06. The van der Waals surface area contributed by atoms with Crippen molar-refractivity contribution in [2.75, 3.05) is 26.8 Å². The van der Waals surface area contributed by atoms with Crippen molar-refractivity contribution in [2.24, 2.45) is 17.8 Å². The minimum atomic E-state index is -2.15. The number of nitrogens with zero attached hydrogens (tertiary/aromatic N) is 2. The summed E-state index contributed by atoms with van der Waals surface area (Å²) in [5, 5.41) is 64.2. The van der Waals surface area contributed by atoms with Crippen molar-refractivity contribution < 1.29 is 49.3 Å². The summed E-state index contributed by atoms with van der Waals surface area (Å²) in [4.78, 5) is 31.6. The van der Waals surface area contributed by atoms with Gasteiger partial charge in [0.15, 0.2) is 6.29 Å². The number of hydrogen-bond donors (Lipinski definition) is 5. The Morgan fingerprint density at radius 2 is 1.32 bits per heavy atom. The van der Waals surface area contributed by atoms with Crippen LogP contribution < -0.4 is 15.9 Å². The first-order valence-corrected chi connectivity index (χ1v) is 29.6. The Morgan fingerprint density at radius 3 is 1.89 bits per heavy atom. The molecule has 5 N–H and O–H groups in total. The van der Waals surface area contributed by atoms with Crippen molar-refractivity contribution in [3.63, 3.8) is 0 Å². The van der Waals surface area contributed by atoms with Gasteiger partial charge in [-0.25, -0.2) is 0 Å². The van der Waals surface area contributed by atoms with Crippen LogP contribution in [0.5, 0.6) is 0 Å². The van der Waals surface area contributed by atoms with Crippen LogP contribution in [0.4, 0.5) is 0 Å². The van der Waals surface area contributed by atoms with Gasteiger partial charge in [-0.3, -0.25) is 9.59 Å². The van der Waals surface area contributed by atoms with Crippen LogP contribution in [0.2, 0.25) is 0 Å². The van der Waals surface area contributed by atoms with Crippen molar-refractivity contribution >= 4 is 35.1 Å². The molecule has 0 saturated carbocycles. The van der Waals surface area contributed by atoms with E-state index >= 15 is 0 Å².